The molecule has 0 atom stereocenters. The molecule has 2 aromatic carbocycles. The first-order valence-electron chi connectivity index (χ1n) is 8.98. The molecule has 0 radical (unpaired) electrons. The monoisotopic (exact) mass is 405 g/mol. The van der Waals surface area contributed by atoms with Crippen LogP contribution in [0.25, 0.3) is 0 Å². The van der Waals surface area contributed by atoms with Gasteiger partial charge in [0.1, 0.15) is 5.75 Å². The molecule has 28 heavy (non-hydrogen) atoms. The Bertz CT molecular complexity index is 870. The first-order chi connectivity index (χ1) is 13.3. The number of sulfonamides is 1. The van der Waals surface area contributed by atoms with E-state index in [1.807, 2.05) is 42.3 Å². The van der Waals surface area contributed by atoms with E-state index in [0.717, 1.165) is 16.5 Å². The predicted octanol–water partition coefficient (Wildman–Crippen LogP) is 2.28. The molecule has 0 aliphatic rings. The summed E-state index contributed by atoms with van der Waals surface area (Å²) in [5.74, 6) is 0.626. The van der Waals surface area contributed by atoms with Crippen molar-refractivity contribution in [3.05, 3.63) is 54.6 Å². The van der Waals surface area contributed by atoms with Crippen molar-refractivity contribution in [3.63, 3.8) is 0 Å². The quantitative estimate of drug-likeness (QED) is 0.614. The van der Waals surface area contributed by atoms with E-state index >= 15 is 0 Å². The molecule has 2 rings (SSSR count). The van der Waals surface area contributed by atoms with Crippen molar-refractivity contribution < 1.29 is 17.9 Å². The van der Waals surface area contributed by atoms with Gasteiger partial charge in [0.2, 0.25) is 15.9 Å². The maximum Gasteiger partial charge on any atom is 0.242 e. The van der Waals surface area contributed by atoms with Crippen molar-refractivity contribution in [2.75, 3.05) is 46.2 Å². The number of benzene rings is 2. The molecule has 2 aromatic rings. The summed E-state index contributed by atoms with van der Waals surface area (Å²) in [4.78, 5) is 14.3. The van der Waals surface area contributed by atoms with Gasteiger partial charge in [-0.25, -0.2) is 12.7 Å². The van der Waals surface area contributed by atoms with Crippen LogP contribution in [0.5, 0.6) is 5.75 Å². The summed E-state index contributed by atoms with van der Waals surface area (Å²) in [6.45, 7) is 1.48. The van der Waals surface area contributed by atoms with E-state index in [9.17, 15) is 13.2 Å². The minimum atomic E-state index is -3.54. The van der Waals surface area contributed by atoms with Crippen LogP contribution < -0.4 is 10.1 Å². The highest BCUT2D eigenvalue weighted by atomic mass is 32.2. The molecule has 0 saturated heterocycles. The van der Waals surface area contributed by atoms with Crippen LogP contribution in [0.15, 0.2) is 59.5 Å². The number of hydrogen-bond donors (Lipinski definition) is 1. The fourth-order valence-electron chi connectivity index (χ4n) is 2.51. The van der Waals surface area contributed by atoms with Gasteiger partial charge in [-0.1, -0.05) is 24.3 Å². The number of rotatable bonds is 10. The lowest BCUT2D eigenvalue weighted by atomic mass is 10.3. The number of nitrogens with zero attached hydrogens (tertiary/aromatic N) is 2. The van der Waals surface area contributed by atoms with Crippen molar-refractivity contribution in [2.45, 2.75) is 11.3 Å². The molecule has 0 aliphatic heterocycles. The van der Waals surface area contributed by atoms with E-state index in [2.05, 4.69) is 5.32 Å². The summed E-state index contributed by atoms with van der Waals surface area (Å²) >= 11 is 0. The largest absolute Gasteiger partial charge is 0.494 e. The lowest BCUT2D eigenvalue weighted by Gasteiger charge is -2.17. The third-order valence-corrected chi connectivity index (χ3v) is 5.82. The first kappa shape index (κ1) is 21.9. The molecule has 0 bridgehead atoms. The Labute approximate surface area is 167 Å². The first-order valence-corrected chi connectivity index (χ1v) is 10.4. The summed E-state index contributed by atoms with van der Waals surface area (Å²) in [6.07, 6.45) is 0.787. The topological polar surface area (TPSA) is 79.0 Å². The van der Waals surface area contributed by atoms with Crippen LogP contribution in [0.3, 0.4) is 0 Å². The SMILES string of the molecule is CN(CCCOc1ccccc1)CC(=O)Nc1cccc(S(=O)(=O)N(C)C)c1. The second-order valence-electron chi connectivity index (χ2n) is 6.62. The molecule has 1 N–H and O–H groups in total. The Hall–Kier alpha value is -2.42. The van der Waals surface area contributed by atoms with Crippen molar-refractivity contribution in [3.8, 4) is 5.75 Å². The van der Waals surface area contributed by atoms with Crippen LogP contribution in [0.4, 0.5) is 5.69 Å². The Balaban J connectivity index is 1.78. The number of para-hydroxylation sites is 1. The van der Waals surface area contributed by atoms with Crippen molar-refractivity contribution >= 4 is 21.6 Å². The number of carbonyl (C=O) groups excluding carboxylic acids is 1. The van der Waals surface area contributed by atoms with Gasteiger partial charge in [-0.05, 0) is 43.8 Å². The molecule has 7 nitrogen and oxygen atoms in total. The van der Waals surface area contributed by atoms with Gasteiger partial charge in [0.25, 0.3) is 0 Å². The second kappa shape index (κ2) is 10.2. The number of hydrogen-bond acceptors (Lipinski definition) is 5. The molecule has 8 heteroatoms. The van der Waals surface area contributed by atoms with Gasteiger partial charge < -0.3 is 10.1 Å². The van der Waals surface area contributed by atoms with Crippen molar-refractivity contribution in [1.29, 1.82) is 0 Å². The lowest BCUT2D eigenvalue weighted by Crippen LogP contribution is -2.31. The Morgan fingerprint density at radius 2 is 1.75 bits per heavy atom. The minimum absolute atomic E-state index is 0.140. The van der Waals surface area contributed by atoms with E-state index in [1.54, 1.807) is 12.1 Å². The summed E-state index contributed by atoms with van der Waals surface area (Å²) in [7, 11) is 1.26. The average Bonchev–Trinajstić information content (AvgIpc) is 2.66. The van der Waals surface area contributed by atoms with Gasteiger partial charge in [0.05, 0.1) is 18.0 Å². The molecular weight excluding hydrogens is 378 g/mol. The standard InChI is InChI=1S/C20H27N3O4S/c1-22(2)28(25,26)19-12-7-9-17(15-19)21-20(24)16-23(3)13-8-14-27-18-10-5-4-6-11-18/h4-7,9-12,15H,8,13-14,16H2,1-3H3,(H,21,24). The molecule has 0 aromatic heterocycles. The maximum absolute atomic E-state index is 12.2. The van der Waals surface area contributed by atoms with Crippen molar-refractivity contribution in [2.24, 2.45) is 0 Å². The van der Waals surface area contributed by atoms with Crippen LogP contribution in [-0.4, -0.2) is 64.4 Å². The molecule has 0 unspecified atom stereocenters. The van der Waals surface area contributed by atoms with Crippen LogP contribution in [0.1, 0.15) is 6.42 Å². The molecule has 0 fully saturated rings. The van der Waals surface area contributed by atoms with Gasteiger partial charge in [0, 0.05) is 26.3 Å². The summed E-state index contributed by atoms with van der Waals surface area (Å²) in [6, 6.07) is 15.8. The van der Waals surface area contributed by atoms with Gasteiger partial charge >= 0.3 is 0 Å². The molecule has 0 heterocycles. The van der Waals surface area contributed by atoms with Gasteiger partial charge in [0.15, 0.2) is 0 Å². The molecule has 0 saturated carbocycles. The summed E-state index contributed by atoms with van der Waals surface area (Å²) in [5.41, 5.74) is 0.453. The number of ether oxygens (including phenoxy) is 1. The van der Waals surface area contributed by atoms with E-state index < -0.39 is 10.0 Å². The van der Waals surface area contributed by atoms with E-state index in [0.29, 0.717) is 18.8 Å². The zero-order valence-corrected chi connectivity index (χ0v) is 17.3. The average molecular weight is 406 g/mol. The highest BCUT2D eigenvalue weighted by Gasteiger charge is 2.17. The number of amides is 1. The smallest absolute Gasteiger partial charge is 0.242 e. The summed E-state index contributed by atoms with van der Waals surface area (Å²) in [5, 5.41) is 2.75. The second-order valence-corrected chi connectivity index (χ2v) is 8.77. The molecule has 152 valence electrons. The van der Waals surface area contributed by atoms with Gasteiger partial charge in [-0.3, -0.25) is 9.69 Å². The maximum atomic E-state index is 12.2. The Kier molecular flexibility index (Phi) is 7.98. The fourth-order valence-corrected chi connectivity index (χ4v) is 3.46. The van der Waals surface area contributed by atoms with Crippen LogP contribution in [0, 0.1) is 0 Å². The van der Waals surface area contributed by atoms with Crippen LogP contribution in [0.2, 0.25) is 0 Å². The third-order valence-electron chi connectivity index (χ3n) is 4.01. The van der Waals surface area contributed by atoms with Crippen LogP contribution >= 0.6 is 0 Å². The number of anilines is 1. The fraction of sp³-hybridized carbons (Fsp3) is 0.350. The normalized spacial score (nSPS) is 11.6. The number of likely N-dealkylation sites (N-methyl/N-ethyl adjacent to an activating group) is 1. The lowest BCUT2D eigenvalue weighted by molar-refractivity contribution is -0.117. The van der Waals surface area contributed by atoms with E-state index in [1.165, 1.54) is 26.2 Å². The van der Waals surface area contributed by atoms with Crippen molar-refractivity contribution in [1.82, 2.24) is 9.21 Å². The highest BCUT2D eigenvalue weighted by molar-refractivity contribution is 7.89. The predicted molar refractivity (Wildman–Crippen MR) is 110 cm³/mol. The minimum Gasteiger partial charge on any atom is -0.494 e. The third kappa shape index (κ3) is 6.63. The summed E-state index contributed by atoms with van der Waals surface area (Å²) < 4.78 is 31.2. The zero-order chi connectivity index (χ0) is 20.6. The molecule has 0 spiro atoms. The number of carbonyl (C=O) groups is 1. The molecular formula is C20H27N3O4S. The highest BCUT2D eigenvalue weighted by Crippen LogP contribution is 2.18. The van der Waals surface area contributed by atoms with Crippen LogP contribution in [-0.2, 0) is 14.8 Å². The zero-order valence-electron chi connectivity index (χ0n) is 16.5. The Morgan fingerprint density at radius 1 is 1.04 bits per heavy atom. The van der Waals surface area contributed by atoms with E-state index in [-0.39, 0.29) is 17.3 Å². The van der Waals surface area contributed by atoms with Gasteiger partial charge in [-0.2, -0.15) is 0 Å². The molecule has 0 aliphatic carbocycles. The molecule has 1 amide bonds. The Morgan fingerprint density at radius 3 is 2.43 bits per heavy atom. The van der Waals surface area contributed by atoms with E-state index in [4.69, 9.17) is 4.74 Å². The number of nitrogens with one attached hydrogen (secondary N) is 1. The van der Waals surface area contributed by atoms with Gasteiger partial charge in [-0.15, -0.1) is 0 Å².